The average molecular weight is 974 g/mol. The standard InChI is InChI=1S/C29H42N6O3.C26H37N5O2/c1-6-13-33-18-22(28(36)34(29(37)31-8-3)15-10-14-32(4)5)16-24-23-11-9-12-25-27(23)21(17-26(24)33)19-35(25)38-20-30-7-2;1-5-12-30-16-20(26(32)28-11-8-13-29(3)4)14-22-21-9-7-10-23-25(21)19(15-24(22)30)17-31(23)33-18-27-6-2/h6,9,11-12,19-20,22,24,26H,1,7-8,10,13-18H2,2-5H3,(H,31,37);5,7,9-10,17-18,20,22,24H,1,6,8,11-16H2,2-4H3,(H,28,32)/t22-,24-,26-;20-,22-,24-/m11/s1. The van der Waals surface area contributed by atoms with Gasteiger partial charge in [0.05, 0.1) is 22.9 Å². The van der Waals surface area contributed by atoms with Gasteiger partial charge in [0, 0.05) is 106 Å². The Labute approximate surface area is 421 Å². The van der Waals surface area contributed by atoms with E-state index in [-0.39, 0.29) is 41.6 Å². The summed E-state index contributed by atoms with van der Waals surface area (Å²) >= 11 is 0. The summed E-state index contributed by atoms with van der Waals surface area (Å²) < 4.78 is 3.63. The van der Waals surface area contributed by atoms with E-state index in [2.05, 4.69) is 116 Å². The predicted octanol–water partition coefficient (Wildman–Crippen LogP) is 5.85. The van der Waals surface area contributed by atoms with E-state index in [0.29, 0.717) is 57.6 Å². The normalized spacial score (nSPS) is 21.8. The number of hydrogen-bond acceptors (Lipinski definition) is 11. The van der Waals surface area contributed by atoms with Crippen LogP contribution in [0.2, 0.25) is 0 Å². The van der Waals surface area contributed by atoms with Crippen molar-refractivity contribution in [1.82, 2.24) is 44.6 Å². The van der Waals surface area contributed by atoms with Crippen molar-refractivity contribution in [3.05, 3.63) is 96.4 Å². The summed E-state index contributed by atoms with van der Waals surface area (Å²) in [6.45, 7) is 21.4. The lowest BCUT2D eigenvalue weighted by Crippen LogP contribution is -2.55. The molecule has 4 aliphatic rings. The zero-order valence-corrected chi connectivity index (χ0v) is 43.4. The molecule has 71 heavy (non-hydrogen) atoms. The summed E-state index contributed by atoms with van der Waals surface area (Å²) in [5, 5.41) is 8.51. The number of carbonyl (C=O) groups is 3. The molecular formula is C55H79N11O5. The molecule has 6 atom stereocenters. The number of aliphatic imine (C=N–C) groups is 2. The third-order valence-electron chi connectivity index (χ3n) is 14.5. The number of urea groups is 1. The Balaban J connectivity index is 0.000000211. The van der Waals surface area contributed by atoms with Gasteiger partial charge in [0.15, 0.2) is 0 Å². The van der Waals surface area contributed by atoms with Gasteiger partial charge < -0.3 is 30.1 Å². The van der Waals surface area contributed by atoms with E-state index in [9.17, 15) is 14.4 Å². The van der Waals surface area contributed by atoms with Crippen LogP contribution >= 0.6 is 0 Å². The fourth-order valence-electron chi connectivity index (χ4n) is 11.4. The van der Waals surface area contributed by atoms with Gasteiger partial charge in [-0.2, -0.15) is 9.46 Å². The van der Waals surface area contributed by atoms with Gasteiger partial charge in [-0.1, -0.05) is 36.4 Å². The maximum absolute atomic E-state index is 13.9. The Morgan fingerprint density at radius 1 is 0.704 bits per heavy atom. The number of piperidine rings is 2. The Morgan fingerprint density at radius 3 is 1.70 bits per heavy atom. The van der Waals surface area contributed by atoms with Crippen molar-refractivity contribution >= 4 is 52.5 Å². The Bertz CT molecular complexity index is 2530. The highest BCUT2D eigenvalue weighted by Crippen LogP contribution is 2.47. The Hall–Kier alpha value is -5.81. The fourth-order valence-corrected chi connectivity index (χ4v) is 11.4. The number of fused-ring (bicyclic) bond motifs is 4. The molecule has 0 bridgehead atoms. The maximum atomic E-state index is 13.9. The molecule has 4 amide bonds. The van der Waals surface area contributed by atoms with Crippen LogP contribution in [0.3, 0.4) is 0 Å². The van der Waals surface area contributed by atoms with Crippen molar-refractivity contribution in [1.29, 1.82) is 0 Å². The van der Waals surface area contributed by atoms with Crippen LogP contribution < -0.4 is 20.3 Å². The Kier molecular flexibility index (Phi) is 18.7. The molecule has 0 radical (unpaired) electrons. The van der Waals surface area contributed by atoms with Gasteiger partial charge in [0.2, 0.25) is 24.6 Å². The first-order valence-electron chi connectivity index (χ1n) is 25.8. The van der Waals surface area contributed by atoms with E-state index < -0.39 is 0 Å². The van der Waals surface area contributed by atoms with Crippen LogP contribution in [0.5, 0.6) is 0 Å². The molecule has 16 nitrogen and oxygen atoms in total. The molecule has 0 spiro atoms. The second kappa shape index (κ2) is 25.0. The van der Waals surface area contributed by atoms with Gasteiger partial charge in [-0.05, 0) is 135 Å². The van der Waals surface area contributed by atoms with E-state index in [0.717, 1.165) is 75.9 Å². The van der Waals surface area contributed by atoms with Crippen LogP contribution in [0.25, 0.3) is 21.8 Å². The molecule has 16 heteroatoms. The molecule has 0 saturated carbocycles. The molecule has 2 aliphatic heterocycles. The molecule has 2 aromatic heterocycles. The third-order valence-corrected chi connectivity index (χ3v) is 14.5. The third kappa shape index (κ3) is 12.3. The molecule has 0 unspecified atom stereocenters. The van der Waals surface area contributed by atoms with E-state index in [1.807, 2.05) is 51.7 Å². The van der Waals surface area contributed by atoms with Crippen LogP contribution in [-0.2, 0) is 22.4 Å². The molecule has 2 N–H and O–H groups in total. The molecule has 2 aromatic carbocycles. The summed E-state index contributed by atoms with van der Waals surface area (Å²) in [5.41, 5.74) is 7.18. The highest BCUT2D eigenvalue weighted by atomic mass is 16.7. The van der Waals surface area contributed by atoms with Crippen molar-refractivity contribution in [3.63, 3.8) is 0 Å². The number of amides is 4. The summed E-state index contributed by atoms with van der Waals surface area (Å²) in [6, 6.07) is 13.1. The smallest absolute Gasteiger partial charge is 0.324 e. The van der Waals surface area contributed by atoms with Gasteiger partial charge in [0.1, 0.15) is 0 Å². The summed E-state index contributed by atoms with van der Waals surface area (Å²) in [7, 11) is 8.12. The minimum absolute atomic E-state index is 0.0163. The number of benzene rings is 2. The number of likely N-dealkylation sites (tertiary alicyclic amines) is 2. The van der Waals surface area contributed by atoms with Gasteiger partial charge >= 0.3 is 6.03 Å². The second-order valence-corrected chi connectivity index (χ2v) is 19.9. The zero-order chi connectivity index (χ0) is 50.6. The van der Waals surface area contributed by atoms with Crippen LogP contribution in [0, 0.1) is 11.8 Å². The van der Waals surface area contributed by atoms with Crippen LogP contribution in [0.1, 0.15) is 80.5 Å². The second-order valence-electron chi connectivity index (χ2n) is 19.9. The summed E-state index contributed by atoms with van der Waals surface area (Å²) in [6.07, 6.45) is 16.2. The molecule has 2 aliphatic carbocycles. The quantitative estimate of drug-likeness (QED) is 0.0456. The number of carbonyl (C=O) groups excluding carboxylic acids is 3. The lowest BCUT2D eigenvalue weighted by atomic mass is 9.72. The van der Waals surface area contributed by atoms with Crippen molar-refractivity contribution in [3.8, 4) is 0 Å². The lowest BCUT2D eigenvalue weighted by molar-refractivity contribution is -0.135. The predicted molar refractivity (Wildman–Crippen MR) is 285 cm³/mol. The number of imide groups is 1. The van der Waals surface area contributed by atoms with Gasteiger partial charge in [-0.3, -0.25) is 34.3 Å². The number of aromatic nitrogens is 2. The maximum Gasteiger partial charge on any atom is 0.324 e. The van der Waals surface area contributed by atoms with Gasteiger partial charge in [-0.25, -0.2) is 4.79 Å². The van der Waals surface area contributed by atoms with E-state index in [1.54, 1.807) is 4.73 Å². The van der Waals surface area contributed by atoms with Crippen molar-refractivity contribution in [2.75, 3.05) is 100 Å². The van der Waals surface area contributed by atoms with E-state index >= 15 is 0 Å². The largest absolute Gasteiger partial charge is 0.363 e. The topological polar surface area (TPSA) is 145 Å². The zero-order valence-electron chi connectivity index (χ0n) is 43.4. The molecule has 8 rings (SSSR count). The van der Waals surface area contributed by atoms with Crippen molar-refractivity contribution in [2.24, 2.45) is 21.8 Å². The Morgan fingerprint density at radius 2 is 1.21 bits per heavy atom. The highest BCUT2D eigenvalue weighted by Gasteiger charge is 2.45. The molecular weight excluding hydrogens is 895 g/mol. The minimum Gasteiger partial charge on any atom is -0.363 e. The van der Waals surface area contributed by atoms with Gasteiger partial charge in [-0.15, -0.1) is 13.2 Å². The monoisotopic (exact) mass is 974 g/mol. The van der Waals surface area contributed by atoms with Crippen LogP contribution in [0.4, 0.5) is 4.79 Å². The first-order chi connectivity index (χ1) is 34.4. The summed E-state index contributed by atoms with van der Waals surface area (Å²) in [4.78, 5) is 70.5. The van der Waals surface area contributed by atoms with Gasteiger partial charge in [0.25, 0.3) is 0 Å². The van der Waals surface area contributed by atoms with Crippen LogP contribution in [0.15, 0.2) is 84.1 Å². The molecule has 2 saturated heterocycles. The van der Waals surface area contributed by atoms with Crippen molar-refractivity contribution in [2.45, 2.75) is 83.2 Å². The molecule has 2 fully saturated rings. The molecule has 4 heterocycles. The summed E-state index contributed by atoms with van der Waals surface area (Å²) in [5.74, 6) is 0.287. The first kappa shape index (κ1) is 53.0. The number of nitrogens with one attached hydrogen (secondary N) is 2. The number of hydrogen-bond donors (Lipinski definition) is 2. The SMILES string of the molecule is C=CCN1C[C@H](C(=O)N(CCCN(C)C)C(=O)NCC)C[C@@H]2c3cccc4c3c(cn4OC=NCC)C[C@H]21.C=CCN1C[C@H](C(=O)NCCCN(C)C)C[C@@H]2c3cccc4c3c(cn4OC=NCC)C[C@H]21. The van der Waals surface area contributed by atoms with Crippen LogP contribution in [-0.4, -0.2) is 177 Å². The lowest BCUT2D eigenvalue weighted by Gasteiger charge is -2.47. The highest BCUT2D eigenvalue weighted by molar-refractivity contribution is 5.96. The number of nitrogens with zero attached hydrogens (tertiary/aromatic N) is 9. The fraction of sp³-hybridized carbons (Fsp3) is 0.545. The minimum atomic E-state index is -0.301. The van der Waals surface area contributed by atoms with E-state index in [1.165, 1.54) is 50.7 Å². The average Bonchev–Trinajstić information content (AvgIpc) is 3.90. The molecule has 4 aromatic rings. The number of rotatable bonds is 21. The van der Waals surface area contributed by atoms with Crippen molar-refractivity contribution < 1.29 is 24.1 Å². The van der Waals surface area contributed by atoms with E-state index in [4.69, 9.17) is 9.68 Å². The molecule has 384 valence electrons. The first-order valence-corrected chi connectivity index (χ1v) is 25.8.